The average molecular weight is 427 g/mol. The Morgan fingerprint density at radius 3 is 1.37 bits per heavy atom. The van der Waals surface area contributed by atoms with Crippen molar-refractivity contribution in [3.8, 4) is 0 Å². The van der Waals surface area contributed by atoms with E-state index in [4.69, 9.17) is 37.5 Å². The zero-order valence-electron chi connectivity index (χ0n) is 18.7. The third-order valence-electron chi connectivity index (χ3n) is 4.33. The number of esters is 1. The SMILES string of the molecule is [CH]CCCCCCCCCCCOCCOCCOCCOCCOC(=O)C([CH])=C. The number of unbranched alkanes of at least 4 members (excludes halogenated alkanes) is 9. The Bertz CT molecular complexity index is 386. The molecule has 6 nitrogen and oxygen atoms in total. The Hall–Kier alpha value is -0.950. The van der Waals surface area contributed by atoms with Crippen LogP contribution in [0.15, 0.2) is 12.2 Å². The van der Waals surface area contributed by atoms with Crippen LogP contribution in [0, 0.1) is 13.8 Å². The zero-order valence-corrected chi connectivity index (χ0v) is 18.7. The number of hydrogen-bond donors (Lipinski definition) is 0. The molecule has 0 amide bonds. The van der Waals surface area contributed by atoms with Crippen LogP contribution in [0.25, 0.3) is 0 Å². The number of hydrogen-bond acceptors (Lipinski definition) is 6. The Labute approximate surface area is 184 Å². The lowest BCUT2D eigenvalue weighted by Gasteiger charge is -2.08. The molecule has 0 aromatic heterocycles. The second-order valence-electron chi connectivity index (χ2n) is 7.08. The summed E-state index contributed by atoms with van der Waals surface area (Å²) in [6, 6.07) is 0. The van der Waals surface area contributed by atoms with Crippen LogP contribution < -0.4 is 0 Å². The van der Waals surface area contributed by atoms with Gasteiger partial charge in [-0.05, 0) is 19.8 Å². The van der Waals surface area contributed by atoms with E-state index in [-0.39, 0.29) is 12.2 Å². The molecule has 0 fully saturated rings. The van der Waals surface area contributed by atoms with Crippen LogP contribution in [0.5, 0.6) is 0 Å². The van der Waals surface area contributed by atoms with Crippen molar-refractivity contribution >= 4 is 5.97 Å². The Morgan fingerprint density at radius 2 is 0.933 bits per heavy atom. The molecular formula is C24H42O6. The van der Waals surface area contributed by atoms with Gasteiger partial charge in [-0.3, -0.25) is 0 Å². The minimum Gasteiger partial charge on any atom is -0.460 e. The van der Waals surface area contributed by atoms with Gasteiger partial charge in [0.15, 0.2) is 0 Å². The fraction of sp³-hybridized carbons (Fsp3) is 0.792. The van der Waals surface area contributed by atoms with E-state index >= 15 is 0 Å². The van der Waals surface area contributed by atoms with Gasteiger partial charge < -0.3 is 23.7 Å². The van der Waals surface area contributed by atoms with Crippen LogP contribution in [-0.4, -0.2) is 65.4 Å². The molecule has 0 aliphatic heterocycles. The van der Waals surface area contributed by atoms with Crippen molar-refractivity contribution in [2.75, 3.05) is 59.5 Å². The number of rotatable bonds is 24. The number of carbonyl (C=O) groups excluding carboxylic acids is 1. The number of ether oxygens (including phenoxy) is 5. The highest BCUT2D eigenvalue weighted by Gasteiger charge is 2.02. The Kier molecular flexibility index (Phi) is 23.6. The molecule has 0 saturated heterocycles. The predicted octanol–water partition coefficient (Wildman–Crippen LogP) is 4.48. The molecule has 0 atom stereocenters. The molecule has 0 aliphatic carbocycles. The maximum Gasteiger partial charge on any atom is 0.333 e. The van der Waals surface area contributed by atoms with Crippen molar-refractivity contribution < 1.29 is 28.5 Å². The smallest absolute Gasteiger partial charge is 0.333 e. The molecule has 4 radical (unpaired) electrons. The first-order valence-corrected chi connectivity index (χ1v) is 11.3. The van der Waals surface area contributed by atoms with Crippen molar-refractivity contribution in [1.82, 2.24) is 0 Å². The summed E-state index contributed by atoms with van der Waals surface area (Å²) in [4.78, 5) is 11.0. The molecular weight excluding hydrogens is 384 g/mol. The molecule has 0 aliphatic rings. The van der Waals surface area contributed by atoms with E-state index in [1.54, 1.807) is 0 Å². The molecule has 30 heavy (non-hydrogen) atoms. The second kappa shape index (κ2) is 24.3. The van der Waals surface area contributed by atoms with Gasteiger partial charge in [-0.25, -0.2) is 4.79 Å². The summed E-state index contributed by atoms with van der Waals surface area (Å²) in [6.45, 7) is 18.3. The summed E-state index contributed by atoms with van der Waals surface area (Å²) >= 11 is 0. The predicted molar refractivity (Wildman–Crippen MR) is 118 cm³/mol. The van der Waals surface area contributed by atoms with Gasteiger partial charge in [-0.2, -0.15) is 0 Å². The average Bonchev–Trinajstić information content (AvgIpc) is 2.74. The minimum atomic E-state index is -0.615. The van der Waals surface area contributed by atoms with Crippen molar-refractivity contribution in [2.24, 2.45) is 0 Å². The molecule has 0 saturated carbocycles. The summed E-state index contributed by atoms with van der Waals surface area (Å²) in [5.41, 5.74) is -0.112. The fourth-order valence-corrected chi connectivity index (χ4v) is 2.63. The Balaban J connectivity index is 3.05. The molecule has 6 heteroatoms. The van der Waals surface area contributed by atoms with Crippen LogP contribution in [0.1, 0.15) is 64.2 Å². The summed E-state index contributed by atoms with van der Waals surface area (Å²) in [7, 11) is 0. The van der Waals surface area contributed by atoms with E-state index < -0.39 is 5.97 Å². The summed E-state index contributed by atoms with van der Waals surface area (Å²) in [5, 5.41) is 0. The Morgan fingerprint density at radius 1 is 0.567 bits per heavy atom. The lowest BCUT2D eigenvalue weighted by Crippen LogP contribution is -2.14. The first kappa shape index (κ1) is 29.1. The minimum absolute atomic E-state index is 0.112. The molecule has 0 heterocycles. The van der Waals surface area contributed by atoms with Gasteiger partial charge in [0.2, 0.25) is 0 Å². The van der Waals surface area contributed by atoms with Gasteiger partial charge in [0.1, 0.15) is 6.61 Å². The van der Waals surface area contributed by atoms with Gasteiger partial charge in [-0.15, -0.1) is 0 Å². The largest absolute Gasteiger partial charge is 0.460 e. The van der Waals surface area contributed by atoms with Gasteiger partial charge >= 0.3 is 5.97 Å². The molecule has 0 aromatic carbocycles. The molecule has 0 aromatic rings. The van der Waals surface area contributed by atoms with E-state index in [9.17, 15) is 4.79 Å². The third-order valence-corrected chi connectivity index (χ3v) is 4.33. The van der Waals surface area contributed by atoms with Gasteiger partial charge in [-0.1, -0.05) is 57.9 Å². The highest BCUT2D eigenvalue weighted by atomic mass is 16.6. The van der Waals surface area contributed by atoms with Crippen LogP contribution in [-0.2, 0) is 28.5 Å². The van der Waals surface area contributed by atoms with E-state index in [2.05, 4.69) is 6.58 Å². The van der Waals surface area contributed by atoms with E-state index in [0.717, 1.165) is 25.9 Å². The molecule has 0 N–H and O–H groups in total. The molecule has 174 valence electrons. The summed E-state index contributed by atoms with van der Waals surface area (Å²) in [5.74, 6) is -0.615. The van der Waals surface area contributed by atoms with Crippen molar-refractivity contribution in [3.05, 3.63) is 26.0 Å². The van der Waals surface area contributed by atoms with Crippen molar-refractivity contribution in [2.45, 2.75) is 64.2 Å². The van der Waals surface area contributed by atoms with Crippen LogP contribution >= 0.6 is 0 Å². The molecule has 0 rings (SSSR count). The standard InChI is InChI=1S/C24H42O6/c1-4-5-6-7-8-9-10-11-12-13-14-26-15-16-27-17-18-28-19-20-29-21-22-30-24(25)23(2)3/h1-2H,3-22H2. The lowest BCUT2D eigenvalue weighted by atomic mass is 10.1. The van der Waals surface area contributed by atoms with Crippen LogP contribution in [0.4, 0.5) is 0 Å². The van der Waals surface area contributed by atoms with Gasteiger partial charge in [0, 0.05) is 19.1 Å². The monoisotopic (exact) mass is 426 g/mol. The van der Waals surface area contributed by atoms with E-state index in [1.807, 2.05) is 0 Å². The molecule has 0 unspecified atom stereocenters. The first-order chi connectivity index (χ1) is 14.7. The first-order valence-electron chi connectivity index (χ1n) is 11.3. The van der Waals surface area contributed by atoms with E-state index in [0.29, 0.717) is 46.2 Å². The highest BCUT2D eigenvalue weighted by Crippen LogP contribution is 2.10. The third kappa shape index (κ3) is 23.3. The topological polar surface area (TPSA) is 63.2 Å². The number of carbonyl (C=O) groups is 1. The molecule has 0 bridgehead atoms. The molecule has 0 spiro atoms. The van der Waals surface area contributed by atoms with Crippen LogP contribution in [0.3, 0.4) is 0 Å². The van der Waals surface area contributed by atoms with Crippen molar-refractivity contribution in [3.63, 3.8) is 0 Å². The maximum absolute atomic E-state index is 11.0. The lowest BCUT2D eigenvalue weighted by molar-refractivity contribution is -0.140. The van der Waals surface area contributed by atoms with Crippen LogP contribution in [0.2, 0.25) is 0 Å². The van der Waals surface area contributed by atoms with Gasteiger partial charge in [0.25, 0.3) is 0 Å². The van der Waals surface area contributed by atoms with Crippen molar-refractivity contribution in [1.29, 1.82) is 0 Å². The quantitative estimate of drug-likeness (QED) is 0.129. The normalized spacial score (nSPS) is 11.0. The summed E-state index contributed by atoms with van der Waals surface area (Å²) in [6.07, 6.45) is 12.3. The summed E-state index contributed by atoms with van der Waals surface area (Å²) < 4.78 is 26.4. The zero-order chi connectivity index (χ0) is 22.1. The highest BCUT2D eigenvalue weighted by molar-refractivity contribution is 5.88. The van der Waals surface area contributed by atoms with E-state index in [1.165, 1.54) is 44.9 Å². The fourth-order valence-electron chi connectivity index (χ4n) is 2.63. The second-order valence-corrected chi connectivity index (χ2v) is 7.08. The maximum atomic E-state index is 11.0. The van der Waals surface area contributed by atoms with Gasteiger partial charge in [0.05, 0.1) is 46.2 Å².